The second-order valence-corrected chi connectivity index (χ2v) is 3.22. The van der Waals surface area contributed by atoms with Crippen molar-refractivity contribution in [3.63, 3.8) is 0 Å². The summed E-state index contributed by atoms with van der Waals surface area (Å²) in [6, 6.07) is 0. The van der Waals surface area contributed by atoms with Gasteiger partial charge in [-0.25, -0.2) is 0 Å². The highest BCUT2D eigenvalue weighted by Gasteiger charge is 2.28. The van der Waals surface area contributed by atoms with Crippen molar-refractivity contribution in [3.8, 4) is 0 Å². The smallest absolute Gasteiger partial charge is 0.134 e. The first-order chi connectivity index (χ1) is 4.22. The minimum absolute atomic E-state index is 0.127. The van der Waals surface area contributed by atoms with Gasteiger partial charge >= 0.3 is 0 Å². The van der Waals surface area contributed by atoms with E-state index in [-0.39, 0.29) is 17.1 Å². The Morgan fingerprint density at radius 1 is 1.56 bits per heavy atom. The van der Waals surface area contributed by atoms with Crippen molar-refractivity contribution in [2.24, 2.45) is 5.92 Å². The number of carbonyl (C=O) groups is 1. The molecule has 9 heavy (non-hydrogen) atoms. The van der Waals surface area contributed by atoms with Gasteiger partial charge in [-0.2, -0.15) is 0 Å². The molecule has 0 unspecified atom stereocenters. The van der Waals surface area contributed by atoms with Crippen LogP contribution in [-0.2, 0) is 4.79 Å². The molecule has 2 heteroatoms. The summed E-state index contributed by atoms with van der Waals surface area (Å²) in [5.41, 5.74) is 0. The van der Waals surface area contributed by atoms with Crippen molar-refractivity contribution in [2.45, 2.75) is 31.6 Å². The standard InChI is InChI=1S/C7H11ClO/c1-5(9)6-3-2-4-7(6)8/h6-7H,2-4H2,1H3/t6-,7+/m0/s1. The summed E-state index contributed by atoms with van der Waals surface area (Å²) in [5, 5.41) is 0.127. The van der Waals surface area contributed by atoms with Crippen LogP contribution in [0, 0.1) is 5.92 Å². The first kappa shape index (κ1) is 7.07. The number of carbonyl (C=O) groups excluding carboxylic acids is 1. The van der Waals surface area contributed by atoms with E-state index in [0.29, 0.717) is 0 Å². The van der Waals surface area contributed by atoms with Crippen LogP contribution >= 0.6 is 11.6 Å². The molecule has 0 N–H and O–H groups in total. The van der Waals surface area contributed by atoms with Crippen LogP contribution in [-0.4, -0.2) is 11.2 Å². The van der Waals surface area contributed by atoms with Crippen molar-refractivity contribution >= 4 is 17.4 Å². The van der Waals surface area contributed by atoms with E-state index in [1.165, 1.54) is 0 Å². The Morgan fingerprint density at radius 3 is 2.44 bits per heavy atom. The zero-order chi connectivity index (χ0) is 6.85. The Bertz CT molecular complexity index is 122. The highest BCUT2D eigenvalue weighted by atomic mass is 35.5. The molecule has 0 aromatic heterocycles. The molecule has 1 aliphatic carbocycles. The molecule has 1 saturated carbocycles. The SMILES string of the molecule is CC(=O)[C@@H]1CCC[C@H]1Cl. The van der Waals surface area contributed by atoms with Crippen LogP contribution in [0.4, 0.5) is 0 Å². The fraction of sp³-hybridized carbons (Fsp3) is 0.857. The predicted octanol–water partition coefficient (Wildman–Crippen LogP) is 1.98. The number of Topliss-reactive ketones (excluding diaryl/α,β-unsaturated/α-hetero) is 1. The minimum Gasteiger partial charge on any atom is -0.300 e. The Kier molecular flexibility index (Phi) is 2.12. The maximum Gasteiger partial charge on any atom is 0.134 e. The van der Waals surface area contributed by atoms with Crippen molar-refractivity contribution < 1.29 is 4.79 Å². The summed E-state index contributed by atoms with van der Waals surface area (Å²) in [4.78, 5) is 10.8. The van der Waals surface area contributed by atoms with Crippen molar-refractivity contribution in [1.29, 1.82) is 0 Å². The van der Waals surface area contributed by atoms with Crippen LogP contribution in [0.25, 0.3) is 0 Å². The van der Waals surface area contributed by atoms with E-state index in [1.54, 1.807) is 6.92 Å². The second kappa shape index (κ2) is 2.70. The van der Waals surface area contributed by atoms with Crippen LogP contribution in [0.3, 0.4) is 0 Å². The Morgan fingerprint density at radius 2 is 2.22 bits per heavy atom. The van der Waals surface area contributed by atoms with Gasteiger partial charge in [0.05, 0.1) is 0 Å². The molecule has 52 valence electrons. The summed E-state index contributed by atoms with van der Waals surface area (Å²) < 4.78 is 0. The molecule has 0 radical (unpaired) electrons. The average Bonchev–Trinajstić information content (AvgIpc) is 2.13. The summed E-state index contributed by atoms with van der Waals surface area (Å²) in [5.74, 6) is 0.416. The molecular formula is C7H11ClO. The first-order valence-corrected chi connectivity index (χ1v) is 3.80. The van der Waals surface area contributed by atoms with Crippen molar-refractivity contribution in [2.75, 3.05) is 0 Å². The van der Waals surface area contributed by atoms with Crippen LogP contribution in [0.2, 0.25) is 0 Å². The van der Waals surface area contributed by atoms with Gasteiger partial charge in [0.1, 0.15) is 5.78 Å². The van der Waals surface area contributed by atoms with E-state index in [0.717, 1.165) is 19.3 Å². The molecule has 1 nitrogen and oxygen atoms in total. The average molecular weight is 147 g/mol. The number of rotatable bonds is 1. The van der Waals surface area contributed by atoms with E-state index >= 15 is 0 Å². The second-order valence-electron chi connectivity index (χ2n) is 2.66. The first-order valence-electron chi connectivity index (χ1n) is 3.36. The molecule has 0 spiro atoms. The fourth-order valence-corrected chi connectivity index (χ4v) is 1.83. The maximum atomic E-state index is 10.8. The van der Waals surface area contributed by atoms with Gasteiger partial charge in [0, 0.05) is 11.3 Å². The molecule has 0 aromatic carbocycles. The number of alkyl halides is 1. The van der Waals surface area contributed by atoms with Gasteiger partial charge in [0.25, 0.3) is 0 Å². The lowest BCUT2D eigenvalue weighted by atomic mass is 10.0. The molecule has 1 aliphatic rings. The molecule has 1 rings (SSSR count). The van der Waals surface area contributed by atoms with E-state index in [2.05, 4.69) is 0 Å². The van der Waals surface area contributed by atoms with Crippen molar-refractivity contribution in [3.05, 3.63) is 0 Å². The number of ketones is 1. The molecular weight excluding hydrogens is 136 g/mol. The monoisotopic (exact) mass is 146 g/mol. The predicted molar refractivity (Wildman–Crippen MR) is 37.7 cm³/mol. The third-order valence-electron chi connectivity index (χ3n) is 1.95. The Labute approximate surface area is 60.4 Å². The van der Waals surface area contributed by atoms with Crippen LogP contribution in [0.5, 0.6) is 0 Å². The van der Waals surface area contributed by atoms with Gasteiger partial charge in [-0.15, -0.1) is 11.6 Å². The normalized spacial score (nSPS) is 34.9. The van der Waals surface area contributed by atoms with Crippen molar-refractivity contribution in [1.82, 2.24) is 0 Å². The van der Waals surface area contributed by atoms with E-state index in [4.69, 9.17) is 11.6 Å². The van der Waals surface area contributed by atoms with Gasteiger partial charge in [-0.3, -0.25) is 4.79 Å². The van der Waals surface area contributed by atoms with E-state index < -0.39 is 0 Å². The lowest BCUT2D eigenvalue weighted by molar-refractivity contribution is -0.120. The van der Waals surface area contributed by atoms with Gasteiger partial charge < -0.3 is 0 Å². The quantitative estimate of drug-likeness (QED) is 0.517. The Balaban J connectivity index is 2.49. The molecule has 0 amide bonds. The number of hydrogen-bond donors (Lipinski definition) is 0. The number of hydrogen-bond acceptors (Lipinski definition) is 1. The zero-order valence-corrected chi connectivity index (χ0v) is 6.32. The van der Waals surface area contributed by atoms with Gasteiger partial charge in [0.2, 0.25) is 0 Å². The molecule has 0 bridgehead atoms. The Hall–Kier alpha value is -0.0400. The van der Waals surface area contributed by atoms with E-state index in [1.807, 2.05) is 0 Å². The largest absolute Gasteiger partial charge is 0.300 e. The molecule has 0 heterocycles. The zero-order valence-electron chi connectivity index (χ0n) is 5.56. The van der Waals surface area contributed by atoms with Crippen LogP contribution in [0.1, 0.15) is 26.2 Å². The molecule has 0 aromatic rings. The van der Waals surface area contributed by atoms with Gasteiger partial charge in [0.15, 0.2) is 0 Å². The van der Waals surface area contributed by atoms with Gasteiger partial charge in [-0.1, -0.05) is 6.42 Å². The van der Waals surface area contributed by atoms with E-state index in [9.17, 15) is 4.79 Å². The van der Waals surface area contributed by atoms with Gasteiger partial charge in [-0.05, 0) is 19.8 Å². The molecule has 1 fully saturated rings. The fourth-order valence-electron chi connectivity index (χ4n) is 1.37. The highest BCUT2D eigenvalue weighted by Crippen LogP contribution is 2.30. The number of halogens is 1. The maximum absolute atomic E-state index is 10.8. The summed E-state index contributed by atoms with van der Waals surface area (Å²) in [6.07, 6.45) is 3.15. The molecule has 2 atom stereocenters. The summed E-state index contributed by atoms with van der Waals surface area (Å²) >= 11 is 5.85. The highest BCUT2D eigenvalue weighted by molar-refractivity contribution is 6.22. The molecule has 0 aliphatic heterocycles. The lowest BCUT2D eigenvalue weighted by Crippen LogP contribution is -2.15. The molecule has 0 saturated heterocycles. The summed E-state index contributed by atoms with van der Waals surface area (Å²) in [7, 11) is 0. The van der Waals surface area contributed by atoms with Crippen LogP contribution in [0.15, 0.2) is 0 Å². The third-order valence-corrected chi connectivity index (χ3v) is 2.48. The lowest BCUT2D eigenvalue weighted by Gasteiger charge is -2.07. The van der Waals surface area contributed by atoms with Crippen LogP contribution < -0.4 is 0 Å². The topological polar surface area (TPSA) is 17.1 Å². The summed E-state index contributed by atoms with van der Waals surface area (Å²) in [6.45, 7) is 1.63. The third kappa shape index (κ3) is 1.45. The minimum atomic E-state index is 0.127.